The van der Waals surface area contributed by atoms with Gasteiger partial charge in [-0.25, -0.2) is 0 Å². The van der Waals surface area contributed by atoms with Gasteiger partial charge in [0.25, 0.3) is 0 Å². The summed E-state index contributed by atoms with van der Waals surface area (Å²) in [7, 11) is 0. The van der Waals surface area contributed by atoms with Crippen LogP contribution in [0.2, 0.25) is 0 Å². The largest absolute Gasteiger partial charge is 0.507 e. The Kier molecular flexibility index (Phi) is 2.07. The zero-order valence-electron chi connectivity index (χ0n) is 9.60. The maximum atomic E-state index is 12.3. The maximum Gasteiger partial charge on any atom is 0.199 e. The van der Waals surface area contributed by atoms with E-state index < -0.39 is 0 Å². The number of hydrogen-bond donors (Lipinski definition) is 1. The molecular formula is C14H9NO3. The molecule has 4 nitrogen and oxygen atoms in total. The number of nitrogens with zero attached hydrogens (tertiary/aromatic N) is 1. The molecule has 0 saturated carbocycles. The van der Waals surface area contributed by atoms with Crippen LogP contribution in [0.4, 0.5) is 0 Å². The number of ketones is 2. The van der Waals surface area contributed by atoms with Crippen molar-refractivity contribution in [2.45, 2.75) is 6.92 Å². The lowest BCUT2D eigenvalue weighted by molar-refractivity contribution is 0.0976. The minimum atomic E-state index is -0.356. The van der Waals surface area contributed by atoms with Gasteiger partial charge in [0.05, 0.1) is 11.1 Å². The fraction of sp³-hybridized carbons (Fsp3) is 0.0714. The topological polar surface area (TPSA) is 67.3 Å². The molecule has 1 aliphatic carbocycles. The summed E-state index contributed by atoms with van der Waals surface area (Å²) < 4.78 is 0. The number of carbonyl (C=O) groups excluding carboxylic acids is 2. The van der Waals surface area contributed by atoms with Gasteiger partial charge in [-0.15, -0.1) is 0 Å². The summed E-state index contributed by atoms with van der Waals surface area (Å²) in [5, 5.41) is 9.73. The molecule has 3 rings (SSSR count). The lowest BCUT2D eigenvalue weighted by atomic mass is 9.84. The van der Waals surface area contributed by atoms with Crippen LogP contribution >= 0.6 is 0 Å². The van der Waals surface area contributed by atoms with Gasteiger partial charge in [-0.2, -0.15) is 0 Å². The highest BCUT2D eigenvalue weighted by Crippen LogP contribution is 2.32. The predicted octanol–water partition coefficient (Wildman–Crippen LogP) is 1.87. The Labute approximate surface area is 103 Å². The van der Waals surface area contributed by atoms with Crippen LogP contribution in [-0.2, 0) is 0 Å². The van der Waals surface area contributed by atoms with E-state index in [1.807, 2.05) is 0 Å². The molecule has 1 heterocycles. The fourth-order valence-corrected chi connectivity index (χ4v) is 2.18. The first kappa shape index (κ1) is 10.7. The van der Waals surface area contributed by atoms with E-state index in [4.69, 9.17) is 0 Å². The molecule has 18 heavy (non-hydrogen) atoms. The van der Waals surface area contributed by atoms with E-state index in [1.165, 1.54) is 12.3 Å². The monoisotopic (exact) mass is 239 g/mol. The normalized spacial score (nSPS) is 13.2. The number of hydrogen-bond acceptors (Lipinski definition) is 4. The van der Waals surface area contributed by atoms with Crippen molar-refractivity contribution < 1.29 is 14.7 Å². The van der Waals surface area contributed by atoms with Crippen LogP contribution in [0.1, 0.15) is 37.5 Å². The van der Waals surface area contributed by atoms with Crippen LogP contribution < -0.4 is 0 Å². The van der Waals surface area contributed by atoms with Gasteiger partial charge in [-0.1, -0.05) is 12.1 Å². The Morgan fingerprint density at radius 2 is 1.83 bits per heavy atom. The van der Waals surface area contributed by atoms with Crippen molar-refractivity contribution in [3.8, 4) is 5.75 Å². The maximum absolute atomic E-state index is 12.3. The number of rotatable bonds is 0. The smallest absolute Gasteiger partial charge is 0.199 e. The van der Waals surface area contributed by atoms with Gasteiger partial charge in [0, 0.05) is 23.0 Å². The second-order valence-corrected chi connectivity index (χ2v) is 4.23. The third kappa shape index (κ3) is 1.29. The number of aromatic nitrogens is 1. The average molecular weight is 239 g/mol. The van der Waals surface area contributed by atoms with Crippen molar-refractivity contribution in [1.29, 1.82) is 0 Å². The second kappa shape index (κ2) is 3.50. The van der Waals surface area contributed by atoms with Gasteiger partial charge in [-0.3, -0.25) is 14.6 Å². The van der Waals surface area contributed by atoms with Gasteiger partial charge < -0.3 is 5.11 Å². The lowest BCUT2D eigenvalue weighted by Gasteiger charge is -2.17. The van der Waals surface area contributed by atoms with E-state index >= 15 is 0 Å². The van der Waals surface area contributed by atoms with Crippen LogP contribution in [0, 0.1) is 6.92 Å². The average Bonchev–Trinajstić information content (AvgIpc) is 2.35. The van der Waals surface area contributed by atoms with Crippen molar-refractivity contribution in [3.63, 3.8) is 0 Å². The highest BCUT2D eigenvalue weighted by Gasteiger charge is 2.31. The highest BCUT2D eigenvalue weighted by molar-refractivity contribution is 6.29. The molecule has 1 aliphatic rings. The van der Waals surface area contributed by atoms with Gasteiger partial charge in [0.15, 0.2) is 11.6 Å². The molecule has 0 saturated heterocycles. The molecule has 1 N–H and O–H groups in total. The van der Waals surface area contributed by atoms with Crippen molar-refractivity contribution in [2.75, 3.05) is 0 Å². The molecule has 0 unspecified atom stereocenters. The molecule has 0 amide bonds. The first-order valence-electron chi connectivity index (χ1n) is 5.47. The number of aryl methyl sites for hydroxylation is 1. The molecule has 1 aromatic carbocycles. The number of phenolic OH excluding ortho intramolecular Hbond substituents is 1. The Hall–Kier alpha value is -2.49. The van der Waals surface area contributed by atoms with Crippen LogP contribution in [0.5, 0.6) is 5.75 Å². The Morgan fingerprint density at radius 3 is 2.61 bits per heavy atom. The Bertz CT molecular complexity index is 700. The molecular weight excluding hydrogens is 230 g/mol. The molecule has 0 atom stereocenters. The first-order chi connectivity index (χ1) is 8.59. The van der Waals surface area contributed by atoms with E-state index in [1.54, 1.807) is 25.1 Å². The molecule has 0 radical (unpaired) electrons. The van der Waals surface area contributed by atoms with E-state index in [0.717, 1.165) is 0 Å². The Morgan fingerprint density at radius 1 is 1.06 bits per heavy atom. The van der Waals surface area contributed by atoms with Crippen LogP contribution in [0.15, 0.2) is 30.5 Å². The molecule has 1 aromatic heterocycles. The minimum Gasteiger partial charge on any atom is -0.507 e. The number of fused-ring (bicyclic) bond motifs is 2. The molecule has 88 valence electrons. The molecule has 2 aromatic rings. The summed E-state index contributed by atoms with van der Waals surface area (Å²) in [5.74, 6) is -0.775. The molecule has 0 fully saturated rings. The number of pyridine rings is 1. The zero-order chi connectivity index (χ0) is 12.9. The molecule has 0 spiro atoms. The molecule has 0 aliphatic heterocycles. The van der Waals surface area contributed by atoms with Crippen molar-refractivity contribution >= 4 is 11.6 Å². The fourth-order valence-electron chi connectivity index (χ4n) is 2.18. The number of aromatic hydroxyl groups is 1. The lowest BCUT2D eigenvalue weighted by Crippen LogP contribution is -2.21. The van der Waals surface area contributed by atoms with Crippen LogP contribution in [0.3, 0.4) is 0 Å². The minimum absolute atomic E-state index is 0.0700. The van der Waals surface area contributed by atoms with Gasteiger partial charge in [0.2, 0.25) is 0 Å². The summed E-state index contributed by atoms with van der Waals surface area (Å²) in [5.41, 5.74) is 1.60. The number of phenols is 1. The van der Waals surface area contributed by atoms with E-state index in [-0.39, 0.29) is 34.0 Å². The summed E-state index contributed by atoms with van der Waals surface area (Å²) in [6, 6.07) is 6.10. The van der Waals surface area contributed by atoms with Crippen LogP contribution in [0.25, 0.3) is 0 Å². The van der Waals surface area contributed by atoms with Crippen molar-refractivity contribution in [3.05, 3.63) is 58.4 Å². The molecule has 4 heteroatoms. The zero-order valence-corrected chi connectivity index (χ0v) is 9.60. The molecule has 0 bridgehead atoms. The van der Waals surface area contributed by atoms with Gasteiger partial charge in [-0.05, 0) is 19.1 Å². The highest BCUT2D eigenvalue weighted by atomic mass is 16.3. The third-order valence-electron chi connectivity index (χ3n) is 3.04. The first-order valence-corrected chi connectivity index (χ1v) is 5.47. The summed E-state index contributed by atoms with van der Waals surface area (Å²) in [6.45, 7) is 1.76. The predicted molar refractivity (Wildman–Crippen MR) is 63.9 cm³/mol. The van der Waals surface area contributed by atoms with E-state index in [0.29, 0.717) is 11.3 Å². The summed E-state index contributed by atoms with van der Waals surface area (Å²) >= 11 is 0. The van der Waals surface area contributed by atoms with Gasteiger partial charge in [0.1, 0.15) is 5.75 Å². The number of carbonyl (C=O) groups is 2. The number of benzene rings is 1. The SMILES string of the molecule is Cc1cc2c(cn1)C(=O)c1c(O)cccc1C2=O. The standard InChI is InChI=1S/C14H9NO3/c1-7-5-9-10(6-15-7)14(18)12-8(13(9)17)3-2-4-11(12)16/h2-6,16H,1H3. The third-order valence-corrected chi connectivity index (χ3v) is 3.04. The van der Waals surface area contributed by atoms with E-state index in [2.05, 4.69) is 4.98 Å². The Balaban J connectivity index is 2.35. The van der Waals surface area contributed by atoms with Crippen LogP contribution in [-0.4, -0.2) is 21.7 Å². The summed E-state index contributed by atoms with van der Waals surface area (Å²) in [4.78, 5) is 28.5. The quantitative estimate of drug-likeness (QED) is 0.650. The second-order valence-electron chi connectivity index (χ2n) is 4.23. The van der Waals surface area contributed by atoms with Crippen molar-refractivity contribution in [1.82, 2.24) is 4.98 Å². The van der Waals surface area contributed by atoms with Gasteiger partial charge >= 0.3 is 0 Å². The van der Waals surface area contributed by atoms with Crippen molar-refractivity contribution in [2.24, 2.45) is 0 Å². The summed E-state index contributed by atoms with van der Waals surface area (Å²) in [6.07, 6.45) is 1.39. The van der Waals surface area contributed by atoms with E-state index in [9.17, 15) is 14.7 Å².